The van der Waals surface area contributed by atoms with Crippen LogP contribution in [-0.2, 0) is 5.60 Å². The lowest BCUT2D eigenvalue weighted by Crippen LogP contribution is -2.26. The topological polar surface area (TPSA) is 23.5 Å². The molecule has 0 aliphatic heterocycles. The van der Waals surface area contributed by atoms with Crippen molar-refractivity contribution in [2.75, 3.05) is 19.0 Å². The van der Waals surface area contributed by atoms with Crippen LogP contribution in [-0.4, -0.2) is 19.2 Å². The zero-order chi connectivity index (χ0) is 13.2. The van der Waals surface area contributed by atoms with Crippen molar-refractivity contribution < 1.29 is 5.11 Å². The Bertz CT molecular complexity index is 518. The molecular weight excluding hydrogens is 222 g/mol. The number of hydrogen-bond acceptors (Lipinski definition) is 2. The largest absolute Gasteiger partial charge is 0.381 e. The second kappa shape index (κ2) is 4.83. The van der Waals surface area contributed by atoms with Gasteiger partial charge in [0.2, 0.25) is 0 Å². The molecule has 18 heavy (non-hydrogen) atoms. The zero-order valence-electron chi connectivity index (χ0n) is 11.1. The van der Waals surface area contributed by atoms with E-state index in [0.717, 1.165) is 16.8 Å². The van der Waals surface area contributed by atoms with Gasteiger partial charge in [-0.05, 0) is 18.6 Å². The second-order valence-corrected chi connectivity index (χ2v) is 4.85. The molecule has 0 saturated carbocycles. The lowest BCUT2D eigenvalue weighted by molar-refractivity contribution is 0.103. The minimum atomic E-state index is -0.984. The van der Waals surface area contributed by atoms with Crippen molar-refractivity contribution in [3.8, 4) is 0 Å². The number of rotatable bonds is 3. The molecule has 0 amide bonds. The van der Waals surface area contributed by atoms with Crippen molar-refractivity contribution in [1.82, 2.24) is 0 Å². The van der Waals surface area contributed by atoms with Crippen molar-refractivity contribution in [2.45, 2.75) is 12.5 Å². The predicted octanol–water partition coefficient (Wildman–Crippen LogP) is 3.01. The van der Waals surface area contributed by atoms with Crippen molar-refractivity contribution >= 4 is 5.69 Å². The first-order valence-corrected chi connectivity index (χ1v) is 6.08. The summed E-state index contributed by atoms with van der Waals surface area (Å²) in [5.41, 5.74) is 1.87. The highest BCUT2D eigenvalue weighted by Gasteiger charge is 2.28. The fraction of sp³-hybridized carbons (Fsp3) is 0.250. The zero-order valence-corrected chi connectivity index (χ0v) is 11.1. The molecule has 0 bridgehead atoms. The van der Waals surface area contributed by atoms with Crippen LogP contribution < -0.4 is 4.90 Å². The quantitative estimate of drug-likeness (QED) is 0.893. The second-order valence-electron chi connectivity index (χ2n) is 4.85. The van der Waals surface area contributed by atoms with Gasteiger partial charge in [-0.15, -0.1) is 0 Å². The van der Waals surface area contributed by atoms with E-state index < -0.39 is 5.60 Å². The SMILES string of the molecule is CN(C)c1ccccc1C(C)(O)c1ccccc1. The molecule has 2 heteroatoms. The van der Waals surface area contributed by atoms with E-state index in [2.05, 4.69) is 0 Å². The minimum absolute atomic E-state index is 0.902. The van der Waals surface area contributed by atoms with Crippen LogP contribution in [0.3, 0.4) is 0 Å². The van der Waals surface area contributed by atoms with Crippen molar-refractivity contribution in [2.24, 2.45) is 0 Å². The fourth-order valence-corrected chi connectivity index (χ4v) is 2.19. The maximum absolute atomic E-state index is 10.9. The smallest absolute Gasteiger partial charge is 0.114 e. The van der Waals surface area contributed by atoms with Crippen molar-refractivity contribution in [3.05, 3.63) is 65.7 Å². The molecule has 0 spiro atoms. The van der Waals surface area contributed by atoms with Gasteiger partial charge >= 0.3 is 0 Å². The Morgan fingerprint density at radius 2 is 1.44 bits per heavy atom. The molecule has 1 unspecified atom stereocenters. The van der Waals surface area contributed by atoms with Crippen LogP contribution in [0.1, 0.15) is 18.1 Å². The summed E-state index contributed by atoms with van der Waals surface area (Å²) in [6.45, 7) is 1.84. The van der Waals surface area contributed by atoms with E-state index in [0.29, 0.717) is 0 Å². The van der Waals surface area contributed by atoms with Crippen LogP contribution in [0.25, 0.3) is 0 Å². The van der Waals surface area contributed by atoms with Crippen molar-refractivity contribution in [1.29, 1.82) is 0 Å². The van der Waals surface area contributed by atoms with E-state index in [1.165, 1.54) is 0 Å². The summed E-state index contributed by atoms with van der Waals surface area (Å²) in [5, 5.41) is 10.9. The monoisotopic (exact) mass is 241 g/mol. The number of anilines is 1. The molecule has 2 rings (SSSR count). The summed E-state index contributed by atoms with van der Waals surface area (Å²) in [6, 6.07) is 17.7. The maximum Gasteiger partial charge on any atom is 0.114 e. The highest BCUT2D eigenvalue weighted by atomic mass is 16.3. The third kappa shape index (κ3) is 2.24. The molecule has 2 aromatic rings. The van der Waals surface area contributed by atoms with E-state index in [9.17, 15) is 5.11 Å². The highest BCUT2D eigenvalue weighted by molar-refractivity contribution is 5.57. The summed E-state index contributed by atoms with van der Waals surface area (Å²) in [5.74, 6) is 0. The van der Waals surface area contributed by atoms with E-state index in [4.69, 9.17) is 0 Å². The summed E-state index contributed by atoms with van der Waals surface area (Å²) in [4.78, 5) is 2.02. The first kappa shape index (κ1) is 12.7. The number of benzene rings is 2. The molecule has 0 aromatic heterocycles. The minimum Gasteiger partial charge on any atom is -0.381 e. The molecule has 0 aliphatic rings. The Morgan fingerprint density at radius 1 is 0.889 bits per heavy atom. The van der Waals surface area contributed by atoms with Gasteiger partial charge in [0.15, 0.2) is 0 Å². The first-order valence-electron chi connectivity index (χ1n) is 6.08. The molecule has 1 N–H and O–H groups in total. The Kier molecular flexibility index (Phi) is 3.39. The molecule has 2 aromatic carbocycles. The summed E-state index contributed by atoms with van der Waals surface area (Å²) in [6.07, 6.45) is 0. The maximum atomic E-state index is 10.9. The van der Waals surface area contributed by atoms with E-state index >= 15 is 0 Å². The fourth-order valence-electron chi connectivity index (χ4n) is 2.19. The lowest BCUT2D eigenvalue weighted by Gasteiger charge is -2.29. The third-order valence-electron chi connectivity index (χ3n) is 3.25. The van der Waals surface area contributed by atoms with Crippen LogP contribution in [0.5, 0.6) is 0 Å². The summed E-state index contributed by atoms with van der Waals surface area (Å²) in [7, 11) is 3.97. The van der Waals surface area contributed by atoms with Crippen LogP contribution in [0, 0.1) is 0 Å². The van der Waals surface area contributed by atoms with Gasteiger partial charge in [0.25, 0.3) is 0 Å². The highest BCUT2D eigenvalue weighted by Crippen LogP contribution is 2.34. The predicted molar refractivity (Wildman–Crippen MR) is 75.9 cm³/mol. The van der Waals surface area contributed by atoms with Gasteiger partial charge in [0.1, 0.15) is 5.60 Å². The molecule has 94 valence electrons. The summed E-state index contributed by atoms with van der Waals surface area (Å²) >= 11 is 0. The third-order valence-corrected chi connectivity index (χ3v) is 3.25. The molecule has 2 nitrogen and oxygen atoms in total. The Morgan fingerprint density at radius 3 is 2.06 bits per heavy atom. The van der Waals surface area contributed by atoms with Crippen LogP contribution >= 0.6 is 0 Å². The summed E-state index contributed by atoms with van der Waals surface area (Å²) < 4.78 is 0. The Balaban J connectivity index is 2.54. The number of nitrogens with zero attached hydrogens (tertiary/aromatic N) is 1. The molecular formula is C16H19NO. The van der Waals surface area contributed by atoms with Gasteiger partial charge in [0.05, 0.1) is 0 Å². The van der Waals surface area contributed by atoms with Gasteiger partial charge in [-0.1, -0.05) is 48.5 Å². The number of para-hydroxylation sites is 1. The van der Waals surface area contributed by atoms with Crippen LogP contribution in [0.2, 0.25) is 0 Å². The van der Waals surface area contributed by atoms with Gasteiger partial charge in [0, 0.05) is 25.3 Å². The van der Waals surface area contributed by atoms with E-state index in [1.807, 2.05) is 80.5 Å². The molecule has 0 heterocycles. The average Bonchev–Trinajstić information content (AvgIpc) is 2.39. The number of aliphatic hydroxyl groups is 1. The lowest BCUT2D eigenvalue weighted by atomic mass is 9.87. The molecule has 0 saturated heterocycles. The number of hydrogen-bond donors (Lipinski definition) is 1. The van der Waals surface area contributed by atoms with Gasteiger partial charge in [-0.25, -0.2) is 0 Å². The molecule has 0 fully saturated rings. The normalized spacial score (nSPS) is 14.0. The standard InChI is InChI=1S/C16H19NO/c1-16(18,13-9-5-4-6-10-13)14-11-7-8-12-15(14)17(2)3/h4-12,18H,1-3H3. The van der Waals surface area contributed by atoms with E-state index in [1.54, 1.807) is 0 Å². The molecule has 0 aliphatic carbocycles. The van der Waals surface area contributed by atoms with Gasteiger partial charge in [-0.3, -0.25) is 0 Å². The van der Waals surface area contributed by atoms with Crippen LogP contribution in [0.4, 0.5) is 5.69 Å². The molecule has 0 radical (unpaired) electrons. The first-order chi connectivity index (χ1) is 8.53. The van der Waals surface area contributed by atoms with Crippen LogP contribution in [0.15, 0.2) is 54.6 Å². The van der Waals surface area contributed by atoms with Gasteiger partial charge in [-0.2, -0.15) is 0 Å². The molecule has 1 atom stereocenters. The Hall–Kier alpha value is -1.80. The van der Waals surface area contributed by atoms with E-state index in [-0.39, 0.29) is 0 Å². The average molecular weight is 241 g/mol. The van der Waals surface area contributed by atoms with Crippen molar-refractivity contribution in [3.63, 3.8) is 0 Å². The van der Waals surface area contributed by atoms with Gasteiger partial charge < -0.3 is 10.0 Å². The Labute approximate surface area is 109 Å².